The Kier molecular flexibility index (Phi) is 18.1. The average molecular weight is 1570 g/mol. The van der Waals surface area contributed by atoms with Crippen molar-refractivity contribution in [1.82, 2.24) is 0 Å². The van der Waals surface area contributed by atoms with Gasteiger partial charge in [0, 0.05) is 27.8 Å². The molecular weight excluding hydrogens is 1520 g/mol. The van der Waals surface area contributed by atoms with E-state index in [9.17, 15) is 161 Å². The highest BCUT2D eigenvalue weighted by Gasteiger charge is 2.58. The van der Waals surface area contributed by atoms with E-state index < -0.39 is 344 Å². The predicted octanol–water partition coefficient (Wildman–Crippen LogP) is 1.75. The van der Waals surface area contributed by atoms with Crippen molar-refractivity contribution in [3.63, 3.8) is 0 Å². The van der Waals surface area contributed by atoms with E-state index in [1.807, 2.05) is 0 Å². The van der Waals surface area contributed by atoms with E-state index in [4.69, 9.17) is 52.1 Å². The van der Waals surface area contributed by atoms with Gasteiger partial charge in [-0.1, -0.05) is 0 Å². The lowest BCUT2D eigenvalue weighted by atomic mass is 9.90. The molecule has 0 amide bonds. The molecule has 2 fully saturated rings. The molecule has 5 heterocycles. The highest BCUT2D eigenvalue weighted by atomic mass is 16.8. The first-order valence-electron chi connectivity index (χ1n) is 31.2. The Bertz CT molecular complexity index is 5480. The second kappa shape index (κ2) is 27.1. The van der Waals surface area contributed by atoms with Crippen LogP contribution < -0.4 is 4.74 Å². The summed E-state index contributed by atoms with van der Waals surface area (Å²) in [4.78, 5) is 118. The van der Waals surface area contributed by atoms with Gasteiger partial charge in [-0.25, -0.2) is 38.4 Å². The number of rotatable bonds is 7. The molecule has 10 unspecified atom stereocenters. The van der Waals surface area contributed by atoms with Crippen LogP contribution in [-0.2, 0) is 47.4 Å². The summed E-state index contributed by atoms with van der Waals surface area (Å²) >= 11 is 0. The number of aliphatic hydroxyl groups is 2. The van der Waals surface area contributed by atoms with Gasteiger partial charge in [-0.2, -0.15) is 0 Å². The molecule has 13 rings (SSSR count). The molecule has 5 aliphatic rings. The van der Waals surface area contributed by atoms with Gasteiger partial charge in [0.25, 0.3) is 0 Å². The first kappa shape index (κ1) is 74.8. The maximum absolute atomic E-state index is 15.8. The van der Waals surface area contributed by atoms with E-state index in [-0.39, 0.29) is 18.2 Å². The molecule has 0 radical (unpaired) electrons. The standard InChI is InChI=1S/C68H48O44/c69-10-28-44(85)55-57(109-64(99)17-8-25(76)41(82)47(88)32(17)31-16(63(98)107-55)7-24(75)40(81)46(31)87)67(104-28)112-60(95)13-3-21(72)38(79)27(4-13)103-54-51(92)36-35(50(91)52(54)93)34-14(5-22(73)43(84)49(34)90)61(96)102-11-29-53-56(108-66(36)101)58(68(105-29)111-59(94)12-1-19(70)37(78)20(71)2-12)110-65(100)18-9-26(77)42(83)48(89)33(18)30-15(62(97)106-53)6-23(74)39(80)45(30)86/h1-9,28-29,44,53,55-58,67-93H,10-11H2. The van der Waals surface area contributed by atoms with Crippen LogP contribution in [0.5, 0.6) is 144 Å². The van der Waals surface area contributed by atoms with E-state index in [2.05, 4.69) is 0 Å². The van der Waals surface area contributed by atoms with Crippen LogP contribution in [0.1, 0.15) is 82.9 Å². The monoisotopic (exact) mass is 1570 g/mol. The Morgan fingerprint density at radius 3 is 1.08 bits per heavy atom. The summed E-state index contributed by atoms with van der Waals surface area (Å²) in [6.07, 6.45) is -26.1. The van der Waals surface area contributed by atoms with Crippen LogP contribution in [0.4, 0.5) is 0 Å². The van der Waals surface area contributed by atoms with Gasteiger partial charge in [0.2, 0.25) is 70.8 Å². The molecule has 4 bridgehead atoms. The maximum atomic E-state index is 15.8. The predicted molar refractivity (Wildman–Crippen MR) is 344 cm³/mol. The van der Waals surface area contributed by atoms with Gasteiger partial charge in [0.15, 0.2) is 116 Å². The maximum Gasteiger partial charge on any atom is 0.343 e. The molecule has 44 nitrogen and oxygen atoms in total. The molecule has 8 aromatic rings. The minimum absolute atomic E-state index is 0.236. The number of aliphatic hydroxyl groups excluding tert-OH is 2. The number of hydrogen-bond donors (Lipinski definition) is 25. The number of carbonyl (C=O) groups is 8. The van der Waals surface area contributed by atoms with Gasteiger partial charge in [-0.3, -0.25) is 0 Å². The van der Waals surface area contributed by atoms with Crippen LogP contribution in [0.2, 0.25) is 0 Å². The van der Waals surface area contributed by atoms with Crippen molar-refractivity contribution >= 4 is 47.8 Å². The third kappa shape index (κ3) is 11.9. The summed E-state index contributed by atoms with van der Waals surface area (Å²) in [7, 11) is 0. The molecule has 10 atom stereocenters. The van der Waals surface area contributed by atoms with Crippen LogP contribution in [0, 0.1) is 0 Å². The first-order chi connectivity index (χ1) is 52.8. The molecule has 0 saturated carbocycles. The van der Waals surface area contributed by atoms with Crippen molar-refractivity contribution < 1.29 is 218 Å². The van der Waals surface area contributed by atoms with E-state index >= 15 is 4.79 Å². The minimum atomic E-state index is -2.97. The molecule has 0 aliphatic carbocycles. The fraction of sp³-hybridized carbons (Fsp3) is 0.176. The van der Waals surface area contributed by atoms with Crippen LogP contribution in [-0.4, -0.2) is 250 Å². The summed E-state index contributed by atoms with van der Waals surface area (Å²) in [5.74, 6) is -54.3. The van der Waals surface area contributed by atoms with E-state index in [1.54, 1.807) is 0 Å². The topological polar surface area (TPSA) is 744 Å². The lowest BCUT2D eigenvalue weighted by Gasteiger charge is -2.44. The zero-order valence-corrected chi connectivity index (χ0v) is 54.8. The van der Waals surface area contributed by atoms with Gasteiger partial charge >= 0.3 is 47.8 Å². The number of phenolic OH excluding ortho intramolecular Hbond substituents is 23. The molecule has 2 saturated heterocycles. The minimum Gasteiger partial charge on any atom is -0.504 e. The van der Waals surface area contributed by atoms with Crippen LogP contribution in [0.25, 0.3) is 33.4 Å². The number of hydrogen-bond acceptors (Lipinski definition) is 44. The summed E-state index contributed by atoms with van der Waals surface area (Å²) < 4.78 is 61.8. The Labute approximate surface area is 614 Å². The highest BCUT2D eigenvalue weighted by Crippen LogP contribution is 2.60. The second-order valence-corrected chi connectivity index (χ2v) is 24.5. The number of esters is 8. The van der Waals surface area contributed by atoms with Crippen LogP contribution in [0.3, 0.4) is 0 Å². The Morgan fingerprint density at radius 2 is 0.661 bits per heavy atom. The number of phenols is 23. The summed E-state index contributed by atoms with van der Waals surface area (Å²) in [5, 5.41) is 276. The molecular formula is C68H48O44. The Balaban J connectivity index is 0.948. The normalized spacial score (nSPS) is 21.2. The molecule has 44 heteroatoms. The Morgan fingerprint density at radius 1 is 0.330 bits per heavy atom. The number of ether oxygens (including phenoxy) is 11. The average Bonchev–Trinajstić information content (AvgIpc) is 0.957. The third-order valence-corrected chi connectivity index (χ3v) is 17.9. The quantitative estimate of drug-likeness (QED) is 0.0468. The smallest absolute Gasteiger partial charge is 0.343 e. The third-order valence-electron chi connectivity index (χ3n) is 17.9. The molecule has 8 aromatic carbocycles. The highest BCUT2D eigenvalue weighted by molar-refractivity contribution is 6.12. The van der Waals surface area contributed by atoms with Gasteiger partial charge < -0.3 is 180 Å². The zero-order valence-electron chi connectivity index (χ0n) is 54.8. The molecule has 25 N–H and O–H groups in total. The van der Waals surface area contributed by atoms with Gasteiger partial charge in [-0.15, -0.1) is 0 Å². The SMILES string of the molecule is O=C(OC1OC(CO)C(O)C2OC(=O)c3cc(O)c(O)c(O)c3-c3c(cc(O)c(O)c3O)C(=O)OC12)c1cc(O)c(O)c(Oc2c(O)c(O)c3c(c2O)C(=O)OC2C4OC(=O)c5cc(O)c(O)c(O)c5-c5c(cc(O)c(O)c5O)C(=O)OC2C(OC(=O)c2cc(O)c(O)c(O)c2)OC4COC(=O)c2cc(O)c(O)c(O)c2-3)c1. The van der Waals surface area contributed by atoms with Gasteiger partial charge in [-0.05, 0) is 54.6 Å². The van der Waals surface area contributed by atoms with E-state index in [0.29, 0.717) is 36.4 Å². The summed E-state index contributed by atoms with van der Waals surface area (Å²) in [6.45, 7) is -2.83. The summed E-state index contributed by atoms with van der Waals surface area (Å²) in [6, 6.07) is 3.05. The molecule has 112 heavy (non-hydrogen) atoms. The number of benzene rings is 8. The molecule has 5 aliphatic heterocycles. The molecule has 0 aromatic heterocycles. The Hall–Kier alpha value is -15.4. The lowest BCUT2D eigenvalue weighted by molar-refractivity contribution is -0.283. The van der Waals surface area contributed by atoms with Gasteiger partial charge in [0.05, 0.1) is 51.1 Å². The number of carbonyl (C=O) groups excluding carboxylic acids is 8. The number of fused-ring (bicyclic) bond motifs is 10. The largest absolute Gasteiger partial charge is 0.504 e. The van der Waals surface area contributed by atoms with Crippen molar-refractivity contribution in [2.75, 3.05) is 13.2 Å². The zero-order chi connectivity index (χ0) is 81.5. The van der Waals surface area contributed by atoms with Crippen molar-refractivity contribution in [1.29, 1.82) is 0 Å². The lowest BCUT2D eigenvalue weighted by Crippen LogP contribution is -2.63. The van der Waals surface area contributed by atoms with E-state index in [1.165, 1.54) is 0 Å². The molecule has 0 spiro atoms. The van der Waals surface area contributed by atoms with Crippen molar-refractivity contribution in [3.05, 3.63) is 99.1 Å². The van der Waals surface area contributed by atoms with E-state index in [0.717, 1.165) is 0 Å². The van der Waals surface area contributed by atoms with Gasteiger partial charge in [0.1, 0.15) is 30.5 Å². The van der Waals surface area contributed by atoms with Crippen LogP contribution in [0.15, 0.2) is 54.6 Å². The summed E-state index contributed by atoms with van der Waals surface area (Å²) in [5.41, 5.74) is -18.1. The number of cyclic esters (lactones) is 1. The molecule has 584 valence electrons. The fourth-order valence-electron chi connectivity index (χ4n) is 12.6. The second-order valence-electron chi connectivity index (χ2n) is 24.5. The van der Waals surface area contributed by atoms with Crippen molar-refractivity contribution in [3.8, 4) is 177 Å². The first-order valence-corrected chi connectivity index (χ1v) is 31.2. The van der Waals surface area contributed by atoms with Crippen molar-refractivity contribution in [2.45, 2.75) is 61.4 Å². The van der Waals surface area contributed by atoms with Crippen molar-refractivity contribution in [2.24, 2.45) is 0 Å². The number of aromatic hydroxyl groups is 23. The fourth-order valence-corrected chi connectivity index (χ4v) is 12.6. The van der Waals surface area contributed by atoms with Crippen LogP contribution >= 0.6 is 0 Å².